The van der Waals surface area contributed by atoms with Gasteiger partial charge in [0.15, 0.2) is 0 Å². The van der Waals surface area contributed by atoms with Crippen LogP contribution in [-0.4, -0.2) is 103 Å². The topological polar surface area (TPSA) is 286 Å². The predicted octanol–water partition coefficient (Wildman–Crippen LogP) is 2.47. The van der Waals surface area contributed by atoms with E-state index in [1.165, 1.54) is 0 Å². The second-order valence-corrected chi connectivity index (χ2v) is 19.6. The Bertz CT molecular complexity index is 1990. The summed E-state index contributed by atoms with van der Waals surface area (Å²) in [5.74, 6) is -4.91. The molecule has 5 atom stereocenters. The summed E-state index contributed by atoms with van der Waals surface area (Å²) in [5, 5.41) is 8.94. The first-order valence-electron chi connectivity index (χ1n) is 20.3. The molecule has 342 valence electrons. The molecule has 21 heteroatoms. The summed E-state index contributed by atoms with van der Waals surface area (Å²) in [6.07, 6.45) is -0.678. The van der Waals surface area contributed by atoms with Gasteiger partial charge in [0.2, 0.25) is 23.6 Å². The van der Waals surface area contributed by atoms with Crippen LogP contribution in [0.3, 0.4) is 0 Å². The highest BCUT2D eigenvalue weighted by Crippen LogP contribution is 2.39. The van der Waals surface area contributed by atoms with Crippen molar-refractivity contribution in [3.63, 3.8) is 0 Å². The fraction of sp³-hybridized carbons (Fsp3) is 0.537. The SMILES string of the molecule is CC(CNC(=O)Cc1ccc(CP(=O)(O)O)cc1)CN(CCC(C)NC(=O)Cc1ccc(CP(=O)(O)O)cc1)C(=O)C(C)CC(C)C(=O)NC(C)CC(=O)ON1C(=O)CCC1=O. The predicted molar refractivity (Wildman–Crippen MR) is 225 cm³/mol. The molecule has 1 heterocycles. The second kappa shape index (κ2) is 23.6. The largest absolute Gasteiger partial charge is 0.355 e. The van der Waals surface area contributed by atoms with Gasteiger partial charge < -0.3 is 45.3 Å². The zero-order valence-electron chi connectivity index (χ0n) is 35.7. The number of hydrogen-bond donors (Lipinski definition) is 7. The lowest BCUT2D eigenvalue weighted by molar-refractivity contribution is -0.197. The minimum Gasteiger partial charge on any atom is -0.355 e. The third-order valence-electron chi connectivity index (χ3n) is 9.92. The number of carbonyl (C=O) groups excluding carboxylic acids is 7. The maximum absolute atomic E-state index is 14.0. The molecule has 1 fully saturated rings. The van der Waals surface area contributed by atoms with Crippen LogP contribution in [0.5, 0.6) is 0 Å². The van der Waals surface area contributed by atoms with E-state index in [0.717, 1.165) is 0 Å². The van der Waals surface area contributed by atoms with Crippen molar-refractivity contribution in [2.45, 2.75) is 104 Å². The number of nitrogens with one attached hydrogen (secondary N) is 3. The summed E-state index contributed by atoms with van der Waals surface area (Å²) in [4.78, 5) is 132. The Morgan fingerprint density at radius 3 is 1.69 bits per heavy atom. The zero-order valence-corrected chi connectivity index (χ0v) is 37.4. The highest BCUT2D eigenvalue weighted by Gasteiger charge is 2.33. The molecule has 1 aliphatic rings. The van der Waals surface area contributed by atoms with E-state index >= 15 is 0 Å². The first kappa shape index (κ1) is 51.6. The fourth-order valence-electron chi connectivity index (χ4n) is 6.73. The Labute approximate surface area is 361 Å². The number of nitrogens with zero attached hydrogens (tertiary/aromatic N) is 2. The van der Waals surface area contributed by atoms with Crippen molar-refractivity contribution in [1.29, 1.82) is 0 Å². The summed E-state index contributed by atoms with van der Waals surface area (Å²) in [6, 6.07) is 11.6. The average molecular weight is 908 g/mol. The van der Waals surface area contributed by atoms with Gasteiger partial charge in [-0.3, -0.25) is 37.9 Å². The molecule has 6 amide bonds. The van der Waals surface area contributed by atoms with Crippen LogP contribution in [0.2, 0.25) is 0 Å². The Kier molecular flexibility index (Phi) is 19.6. The molecule has 5 unspecified atom stereocenters. The van der Waals surface area contributed by atoms with Crippen molar-refractivity contribution in [2.24, 2.45) is 17.8 Å². The van der Waals surface area contributed by atoms with Gasteiger partial charge in [-0.1, -0.05) is 69.3 Å². The van der Waals surface area contributed by atoms with Crippen LogP contribution in [0.15, 0.2) is 48.5 Å². The second-order valence-electron chi connectivity index (χ2n) is 16.3. The maximum Gasteiger partial charge on any atom is 0.335 e. The molecule has 2 aromatic carbocycles. The molecule has 0 spiro atoms. The van der Waals surface area contributed by atoms with Crippen LogP contribution in [0.25, 0.3) is 0 Å². The van der Waals surface area contributed by atoms with E-state index in [1.807, 2.05) is 6.92 Å². The first-order valence-corrected chi connectivity index (χ1v) is 23.9. The van der Waals surface area contributed by atoms with Gasteiger partial charge in [0, 0.05) is 56.4 Å². The van der Waals surface area contributed by atoms with E-state index in [-0.39, 0.29) is 87.8 Å². The highest BCUT2D eigenvalue weighted by molar-refractivity contribution is 7.51. The standard InChI is InChI=1S/C41H59N5O14P2/c1-26(22-42-35(47)20-31-6-10-33(11-7-31)24-61(54,55)56)23-45(17-16-29(4)43-36(48)21-32-8-12-34(13-9-32)25-62(57,58)59)41(53)28(3)18-27(2)40(52)44-30(5)19-39(51)60-46-37(49)14-15-38(46)50/h6-13,26-30H,14-25H2,1-5H3,(H,42,47)(H,43,48)(H,44,52)(H2,54,55,56)(H2,57,58,59). The third kappa shape index (κ3) is 19.1. The Balaban J connectivity index is 1.59. The Morgan fingerprint density at radius 1 is 0.710 bits per heavy atom. The molecule has 3 rings (SSSR count). The van der Waals surface area contributed by atoms with Crippen LogP contribution in [0.1, 0.15) is 89.0 Å². The fourth-order valence-corrected chi connectivity index (χ4v) is 8.11. The van der Waals surface area contributed by atoms with Crippen LogP contribution < -0.4 is 16.0 Å². The number of amides is 6. The van der Waals surface area contributed by atoms with E-state index in [2.05, 4.69) is 16.0 Å². The molecule has 0 saturated carbocycles. The Hall–Kier alpha value is -4.77. The van der Waals surface area contributed by atoms with Crippen molar-refractivity contribution in [2.75, 3.05) is 19.6 Å². The number of imide groups is 1. The number of hydrogen-bond acceptors (Lipinski definition) is 10. The zero-order chi connectivity index (χ0) is 46.4. The molecular weight excluding hydrogens is 848 g/mol. The van der Waals surface area contributed by atoms with Crippen molar-refractivity contribution in [3.05, 3.63) is 70.8 Å². The van der Waals surface area contributed by atoms with Gasteiger partial charge >= 0.3 is 21.2 Å². The molecule has 0 aliphatic carbocycles. The number of benzene rings is 2. The Morgan fingerprint density at radius 2 is 1.19 bits per heavy atom. The van der Waals surface area contributed by atoms with Crippen molar-refractivity contribution in [3.8, 4) is 0 Å². The maximum atomic E-state index is 14.0. The van der Waals surface area contributed by atoms with Crippen LogP contribution >= 0.6 is 15.2 Å². The number of rotatable bonds is 24. The van der Waals surface area contributed by atoms with Crippen LogP contribution in [0, 0.1) is 17.8 Å². The third-order valence-corrected chi connectivity index (χ3v) is 11.5. The monoisotopic (exact) mass is 907 g/mol. The van der Waals surface area contributed by atoms with Crippen molar-refractivity contribution < 1.29 is 67.1 Å². The summed E-state index contributed by atoms with van der Waals surface area (Å²) in [6.45, 7) is 9.21. The van der Waals surface area contributed by atoms with Gasteiger partial charge in [-0.15, -0.1) is 5.06 Å². The van der Waals surface area contributed by atoms with Crippen molar-refractivity contribution >= 4 is 56.6 Å². The minimum atomic E-state index is -4.24. The lowest BCUT2D eigenvalue weighted by Crippen LogP contribution is -2.45. The normalized spacial score (nSPS) is 15.5. The lowest BCUT2D eigenvalue weighted by Gasteiger charge is -2.30. The average Bonchev–Trinajstić information content (AvgIpc) is 3.47. The van der Waals surface area contributed by atoms with Crippen LogP contribution in [0.4, 0.5) is 0 Å². The minimum absolute atomic E-state index is 0.0199. The van der Waals surface area contributed by atoms with E-state index in [1.54, 1.807) is 81.1 Å². The lowest BCUT2D eigenvalue weighted by atomic mass is 9.94. The van der Waals surface area contributed by atoms with Gasteiger partial charge in [0.25, 0.3) is 11.8 Å². The van der Waals surface area contributed by atoms with Gasteiger partial charge in [0.1, 0.15) is 0 Å². The van der Waals surface area contributed by atoms with Crippen molar-refractivity contribution in [1.82, 2.24) is 25.9 Å². The first-order chi connectivity index (χ1) is 28.9. The molecule has 62 heavy (non-hydrogen) atoms. The summed E-state index contributed by atoms with van der Waals surface area (Å²) < 4.78 is 22.6. The van der Waals surface area contributed by atoms with Gasteiger partial charge in [-0.2, -0.15) is 0 Å². The van der Waals surface area contributed by atoms with Gasteiger partial charge in [-0.05, 0) is 54.9 Å². The quantitative estimate of drug-likeness (QED) is 0.0589. The summed E-state index contributed by atoms with van der Waals surface area (Å²) in [5.41, 5.74) is 2.17. The molecule has 0 aromatic heterocycles. The summed E-state index contributed by atoms with van der Waals surface area (Å²) >= 11 is 0. The smallest absolute Gasteiger partial charge is 0.335 e. The molecule has 19 nitrogen and oxygen atoms in total. The van der Waals surface area contributed by atoms with Crippen LogP contribution in [-0.2, 0) is 72.7 Å². The molecule has 2 aromatic rings. The van der Waals surface area contributed by atoms with E-state index in [4.69, 9.17) is 4.84 Å². The van der Waals surface area contributed by atoms with E-state index < -0.39 is 69.1 Å². The van der Waals surface area contributed by atoms with E-state index in [9.17, 15) is 62.3 Å². The molecule has 7 N–H and O–H groups in total. The number of hydroxylamine groups is 2. The van der Waals surface area contributed by atoms with Gasteiger partial charge in [0.05, 0.1) is 31.6 Å². The molecule has 0 bridgehead atoms. The van der Waals surface area contributed by atoms with E-state index in [0.29, 0.717) is 33.7 Å². The molecule has 1 aliphatic heterocycles. The molecule has 0 radical (unpaired) electrons. The summed E-state index contributed by atoms with van der Waals surface area (Å²) in [7, 11) is -8.47. The van der Waals surface area contributed by atoms with Gasteiger partial charge in [-0.25, -0.2) is 4.79 Å². The molecular formula is C41H59N5O14P2. The highest BCUT2D eigenvalue weighted by atomic mass is 31.2. The molecule has 1 saturated heterocycles. The number of carbonyl (C=O) groups is 7.